The number of anilines is 1. The topological polar surface area (TPSA) is 66.8 Å². The van der Waals surface area contributed by atoms with Gasteiger partial charge in [-0.25, -0.2) is 4.79 Å². The number of para-hydroxylation sites is 1. The number of Topliss-reactive ketones (excluding diaryl/α,β-unsaturated/α-hetero) is 1. The lowest BCUT2D eigenvalue weighted by atomic mass is 10.0. The molecule has 0 unspecified atom stereocenters. The van der Waals surface area contributed by atoms with Gasteiger partial charge in [0.1, 0.15) is 5.75 Å². The molecule has 0 radical (unpaired) electrons. The number of unbranched alkanes of at least 4 members (excludes halogenated alkanes) is 3. The second-order valence-electron chi connectivity index (χ2n) is 6.93. The molecule has 0 amide bonds. The number of carbonyl (C=O) groups excluding carboxylic acids is 2. The van der Waals surface area contributed by atoms with Crippen molar-refractivity contribution in [1.29, 1.82) is 0 Å². The molecule has 0 fully saturated rings. The van der Waals surface area contributed by atoms with E-state index in [2.05, 4.69) is 0 Å². The molecule has 156 valence electrons. The Morgan fingerprint density at radius 2 is 1.59 bits per heavy atom. The van der Waals surface area contributed by atoms with Crippen LogP contribution in [-0.4, -0.2) is 36.6 Å². The van der Waals surface area contributed by atoms with E-state index in [1.165, 1.54) is 0 Å². The van der Waals surface area contributed by atoms with Crippen molar-refractivity contribution in [3.05, 3.63) is 59.7 Å². The molecule has 0 spiro atoms. The molecule has 29 heavy (non-hydrogen) atoms. The SMILES string of the molecule is CCN(CC)c1cccc(C(=O)CCCCCCOC(=O)c2ccccc2)c1O. The first-order valence-corrected chi connectivity index (χ1v) is 10.4. The highest BCUT2D eigenvalue weighted by molar-refractivity contribution is 6.00. The number of ether oxygens (including phenoxy) is 1. The molecule has 0 aliphatic rings. The van der Waals surface area contributed by atoms with Crippen molar-refractivity contribution in [3.63, 3.8) is 0 Å². The maximum Gasteiger partial charge on any atom is 0.338 e. The van der Waals surface area contributed by atoms with Gasteiger partial charge in [-0.1, -0.05) is 37.1 Å². The maximum absolute atomic E-state index is 12.5. The normalized spacial score (nSPS) is 10.6. The zero-order valence-corrected chi connectivity index (χ0v) is 17.4. The second-order valence-corrected chi connectivity index (χ2v) is 6.93. The van der Waals surface area contributed by atoms with Gasteiger partial charge in [-0.15, -0.1) is 0 Å². The molecule has 0 aliphatic carbocycles. The number of hydrogen-bond donors (Lipinski definition) is 1. The Hall–Kier alpha value is -2.82. The third-order valence-corrected chi connectivity index (χ3v) is 4.96. The highest BCUT2D eigenvalue weighted by Gasteiger charge is 2.16. The van der Waals surface area contributed by atoms with E-state index in [-0.39, 0.29) is 17.5 Å². The van der Waals surface area contributed by atoms with Gasteiger partial charge in [-0.2, -0.15) is 0 Å². The number of benzene rings is 2. The third-order valence-electron chi connectivity index (χ3n) is 4.96. The van der Waals surface area contributed by atoms with Crippen molar-refractivity contribution in [2.75, 3.05) is 24.6 Å². The van der Waals surface area contributed by atoms with Crippen LogP contribution in [0.1, 0.15) is 66.7 Å². The molecule has 1 N–H and O–H groups in total. The van der Waals surface area contributed by atoms with Crippen LogP contribution >= 0.6 is 0 Å². The van der Waals surface area contributed by atoms with Crippen molar-refractivity contribution in [1.82, 2.24) is 0 Å². The number of phenolic OH excluding ortho intramolecular Hbond substituents is 1. The first-order chi connectivity index (χ1) is 14.1. The summed E-state index contributed by atoms with van der Waals surface area (Å²) in [6.07, 6.45) is 3.70. The van der Waals surface area contributed by atoms with Gasteiger partial charge in [0.25, 0.3) is 0 Å². The zero-order chi connectivity index (χ0) is 21.1. The van der Waals surface area contributed by atoms with Crippen LogP contribution < -0.4 is 4.90 Å². The van der Waals surface area contributed by atoms with E-state index >= 15 is 0 Å². The number of aromatic hydroxyl groups is 1. The summed E-state index contributed by atoms with van der Waals surface area (Å²) in [6.45, 7) is 5.98. The van der Waals surface area contributed by atoms with Crippen LogP contribution in [0.25, 0.3) is 0 Å². The molecule has 0 aromatic heterocycles. The summed E-state index contributed by atoms with van der Waals surface area (Å²) in [5.41, 5.74) is 1.66. The average molecular weight is 398 g/mol. The van der Waals surface area contributed by atoms with E-state index < -0.39 is 0 Å². The molecule has 0 heterocycles. The molecule has 2 rings (SSSR count). The van der Waals surface area contributed by atoms with Gasteiger partial charge in [0.2, 0.25) is 0 Å². The van der Waals surface area contributed by atoms with Crippen LogP contribution in [0, 0.1) is 0 Å². The second kappa shape index (κ2) is 11.9. The quantitative estimate of drug-likeness (QED) is 0.302. The molecule has 5 heteroatoms. The molecule has 2 aromatic carbocycles. The summed E-state index contributed by atoms with van der Waals surface area (Å²) in [5.74, 6) is -0.259. The first kappa shape index (κ1) is 22.5. The van der Waals surface area contributed by atoms with E-state index in [4.69, 9.17) is 4.74 Å². The first-order valence-electron chi connectivity index (χ1n) is 10.4. The molecule has 0 saturated heterocycles. The van der Waals surface area contributed by atoms with Crippen molar-refractivity contribution in [3.8, 4) is 5.75 Å². The number of esters is 1. The molecule has 0 aliphatic heterocycles. The molecule has 0 bridgehead atoms. The predicted octanol–water partition coefficient (Wildman–Crippen LogP) is 5.23. The highest BCUT2D eigenvalue weighted by Crippen LogP contribution is 2.31. The molecular formula is C24H31NO4. The summed E-state index contributed by atoms with van der Waals surface area (Å²) in [7, 11) is 0. The fourth-order valence-corrected chi connectivity index (χ4v) is 3.27. The Kier molecular flexibility index (Phi) is 9.22. The minimum absolute atomic E-state index is 0.0352. The summed E-state index contributed by atoms with van der Waals surface area (Å²) in [4.78, 5) is 26.4. The maximum atomic E-state index is 12.5. The van der Waals surface area contributed by atoms with E-state index in [0.29, 0.717) is 29.8 Å². The predicted molar refractivity (Wildman–Crippen MR) is 116 cm³/mol. The Morgan fingerprint density at radius 1 is 0.897 bits per heavy atom. The van der Waals surface area contributed by atoms with Crippen LogP contribution in [0.4, 0.5) is 5.69 Å². The van der Waals surface area contributed by atoms with Crippen LogP contribution in [0.3, 0.4) is 0 Å². The standard InChI is InChI=1S/C24H31NO4/c1-3-25(4-2)21-16-12-15-20(23(21)27)22(26)17-10-5-6-11-18-29-24(28)19-13-8-7-9-14-19/h7-9,12-16,27H,3-6,10-11,17-18H2,1-2H3. The van der Waals surface area contributed by atoms with Gasteiger partial charge in [-0.3, -0.25) is 4.79 Å². The van der Waals surface area contributed by atoms with Gasteiger partial charge in [0, 0.05) is 19.5 Å². The number of ketones is 1. The summed E-state index contributed by atoms with van der Waals surface area (Å²) >= 11 is 0. The van der Waals surface area contributed by atoms with E-state index in [0.717, 1.165) is 38.8 Å². The van der Waals surface area contributed by atoms with E-state index in [1.54, 1.807) is 18.2 Å². The van der Waals surface area contributed by atoms with Crippen molar-refractivity contribution in [2.45, 2.75) is 46.0 Å². The lowest BCUT2D eigenvalue weighted by Crippen LogP contribution is -2.22. The van der Waals surface area contributed by atoms with Crippen LogP contribution in [0.15, 0.2) is 48.5 Å². The molecule has 0 saturated carbocycles. The summed E-state index contributed by atoms with van der Waals surface area (Å²) in [5, 5.41) is 10.5. The Balaban J connectivity index is 1.70. The van der Waals surface area contributed by atoms with Gasteiger partial charge >= 0.3 is 5.97 Å². The largest absolute Gasteiger partial charge is 0.505 e. The van der Waals surface area contributed by atoms with Crippen LogP contribution in [-0.2, 0) is 4.74 Å². The van der Waals surface area contributed by atoms with E-state index in [1.807, 2.05) is 49.1 Å². The number of carbonyl (C=O) groups is 2. The molecule has 5 nitrogen and oxygen atoms in total. The fourth-order valence-electron chi connectivity index (χ4n) is 3.27. The third kappa shape index (κ3) is 6.63. The van der Waals surface area contributed by atoms with Crippen molar-refractivity contribution < 1.29 is 19.4 Å². The van der Waals surface area contributed by atoms with E-state index in [9.17, 15) is 14.7 Å². The summed E-state index contributed by atoms with van der Waals surface area (Å²) < 4.78 is 5.25. The Labute approximate surface area is 173 Å². The zero-order valence-electron chi connectivity index (χ0n) is 17.4. The van der Waals surface area contributed by atoms with Gasteiger partial charge in [0.15, 0.2) is 5.78 Å². The number of hydrogen-bond acceptors (Lipinski definition) is 5. The number of rotatable bonds is 12. The molecule has 2 aromatic rings. The Bertz CT molecular complexity index is 785. The van der Waals surface area contributed by atoms with Gasteiger partial charge < -0.3 is 14.7 Å². The van der Waals surface area contributed by atoms with Crippen LogP contribution in [0.2, 0.25) is 0 Å². The lowest BCUT2D eigenvalue weighted by Gasteiger charge is -2.23. The van der Waals surface area contributed by atoms with Crippen molar-refractivity contribution in [2.24, 2.45) is 0 Å². The summed E-state index contributed by atoms with van der Waals surface area (Å²) in [6, 6.07) is 14.3. The van der Waals surface area contributed by atoms with Crippen LogP contribution in [0.5, 0.6) is 5.75 Å². The van der Waals surface area contributed by atoms with Gasteiger partial charge in [-0.05, 0) is 51.0 Å². The van der Waals surface area contributed by atoms with Gasteiger partial charge in [0.05, 0.1) is 23.4 Å². The van der Waals surface area contributed by atoms with Crippen molar-refractivity contribution >= 4 is 17.4 Å². The monoisotopic (exact) mass is 397 g/mol. The number of phenols is 1. The molecule has 0 atom stereocenters. The molecular weight excluding hydrogens is 366 g/mol. The number of nitrogens with zero attached hydrogens (tertiary/aromatic N) is 1. The lowest BCUT2D eigenvalue weighted by molar-refractivity contribution is 0.0497. The Morgan fingerprint density at radius 3 is 2.28 bits per heavy atom. The highest BCUT2D eigenvalue weighted by atomic mass is 16.5. The minimum atomic E-state index is -0.302. The fraction of sp³-hybridized carbons (Fsp3) is 0.417. The smallest absolute Gasteiger partial charge is 0.338 e. The minimum Gasteiger partial charge on any atom is -0.505 e. The average Bonchev–Trinajstić information content (AvgIpc) is 2.75.